The predicted octanol–water partition coefficient (Wildman–Crippen LogP) is 0.0348. The van der Waals surface area contributed by atoms with Crippen LogP contribution in [0.25, 0.3) is 0 Å². The van der Waals surface area contributed by atoms with Crippen LogP contribution in [0.2, 0.25) is 0 Å². The Labute approximate surface area is 99.4 Å². The summed E-state index contributed by atoms with van der Waals surface area (Å²) in [6, 6.07) is 0. The van der Waals surface area contributed by atoms with E-state index in [2.05, 4.69) is 10.3 Å². The number of oxime groups is 1. The monoisotopic (exact) mass is 258 g/mol. The summed E-state index contributed by atoms with van der Waals surface area (Å²) in [5, 5.41) is 15.6. The van der Waals surface area contributed by atoms with Crippen molar-refractivity contribution < 1.29 is 13.6 Å². The Morgan fingerprint density at radius 3 is 2.53 bits per heavy atom. The molecule has 0 aromatic carbocycles. The summed E-state index contributed by atoms with van der Waals surface area (Å²) in [6.45, 7) is 0.688. The van der Waals surface area contributed by atoms with Crippen molar-refractivity contribution in [3.05, 3.63) is 12.4 Å². The van der Waals surface area contributed by atoms with Crippen molar-refractivity contribution in [3.8, 4) is 0 Å². The third kappa shape index (κ3) is 2.32. The first-order chi connectivity index (χ1) is 8.04. The number of aromatic nitrogens is 2. The quantitative estimate of drug-likeness (QED) is 0.599. The lowest BCUT2D eigenvalue weighted by molar-refractivity contribution is 0.310. The van der Waals surface area contributed by atoms with Crippen LogP contribution in [0.5, 0.6) is 0 Å². The van der Waals surface area contributed by atoms with Crippen molar-refractivity contribution in [2.24, 2.45) is 12.2 Å². The van der Waals surface area contributed by atoms with Gasteiger partial charge in [0.05, 0.1) is 11.9 Å². The van der Waals surface area contributed by atoms with Gasteiger partial charge in [-0.05, 0) is 0 Å². The Kier molecular flexibility index (Phi) is 3.16. The van der Waals surface area contributed by atoms with Gasteiger partial charge in [-0.3, -0.25) is 4.68 Å². The number of sulfonamides is 1. The summed E-state index contributed by atoms with van der Waals surface area (Å²) in [5.41, 5.74) is 0.641. The normalized spacial score (nSPS) is 18.3. The second kappa shape index (κ2) is 4.46. The van der Waals surface area contributed by atoms with Gasteiger partial charge in [0.25, 0.3) is 0 Å². The van der Waals surface area contributed by atoms with Gasteiger partial charge in [0, 0.05) is 39.2 Å². The molecule has 7 nitrogen and oxygen atoms in total. The highest BCUT2D eigenvalue weighted by Gasteiger charge is 2.28. The second-order valence-electron chi connectivity index (χ2n) is 3.92. The van der Waals surface area contributed by atoms with Gasteiger partial charge in [-0.25, -0.2) is 8.42 Å². The topological polar surface area (TPSA) is 87.8 Å². The molecule has 1 fully saturated rings. The number of hydrogen-bond acceptors (Lipinski definition) is 5. The maximum absolute atomic E-state index is 12.2. The Morgan fingerprint density at radius 2 is 2.06 bits per heavy atom. The SMILES string of the molecule is Cn1cc(S(=O)(=O)N2CCC(=NO)CC2)cn1. The number of aryl methyl sites for hydroxylation is 1. The van der Waals surface area contributed by atoms with E-state index in [0.717, 1.165) is 0 Å². The van der Waals surface area contributed by atoms with Crippen LogP contribution in [0.3, 0.4) is 0 Å². The number of hydrogen-bond donors (Lipinski definition) is 1. The maximum atomic E-state index is 12.2. The molecule has 0 amide bonds. The average molecular weight is 258 g/mol. The molecule has 0 unspecified atom stereocenters. The van der Waals surface area contributed by atoms with Crippen molar-refractivity contribution >= 4 is 15.7 Å². The molecule has 0 radical (unpaired) electrons. The highest BCUT2D eigenvalue weighted by atomic mass is 32.2. The molecule has 1 aliphatic heterocycles. The lowest BCUT2D eigenvalue weighted by atomic mass is 10.1. The van der Waals surface area contributed by atoms with Gasteiger partial charge in [0.2, 0.25) is 10.0 Å². The van der Waals surface area contributed by atoms with Crippen molar-refractivity contribution in [1.29, 1.82) is 0 Å². The molecular weight excluding hydrogens is 244 g/mol. The molecule has 0 spiro atoms. The van der Waals surface area contributed by atoms with Crippen molar-refractivity contribution in [3.63, 3.8) is 0 Å². The zero-order chi connectivity index (χ0) is 12.5. The van der Waals surface area contributed by atoms with E-state index < -0.39 is 10.0 Å². The van der Waals surface area contributed by atoms with E-state index in [0.29, 0.717) is 31.6 Å². The Balaban J connectivity index is 2.18. The van der Waals surface area contributed by atoms with E-state index in [1.54, 1.807) is 7.05 Å². The first-order valence-corrected chi connectivity index (χ1v) is 6.66. The Morgan fingerprint density at radius 1 is 1.41 bits per heavy atom. The summed E-state index contributed by atoms with van der Waals surface area (Å²) >= 11 is 0. The van der Waals surface area contributed by atoms with Gasteiger partial charge in [-0.2, -0.15) is 9.40 Å². The third-order valence-corrected chi connectivity index (χ3v) is 4.61. The molecule has 0 atom stereocenters. The fourth-order valence-electron chi connectivity index (χ4n) is 1.77. The molecule has 2 rings (SSSR count). The van der Waals surface area contributed by atoms with Crippen LogP contribution >= 0.6 is 0 Å². The molecule has 1 aliphatic rings. The predicted molar refractivity (Wildman–Crippen MR) is 60.4 cm³/mol. The molecule has 2 heterocycles. The van der Waals surface area contributed by atoms with E-state index in [4.69, 9.17) is 5.21 Å². The van der Waals surface area contributed by atoms with Gasteiger partial charge in [0.15, 0.2) is 0 Å². The summed E-state index contributed by atoms with van der Waals surface area (Å²) in [5.74, 6) is 0. The molecule has 1 N–H and O–H groups in total. The first kappa shape index (κ1) is 12.1. The molecule has 0 saturated carbocycles. The van der Waals surface area contributed by atoms with Crippen LogP contribution in [0, 0.1) is 0 Å². The number of nitrogens with zero attached hydrogens (tertiary/aromatic N) is 4. The largest absolute Gasteiger partial charge is 0.411 e. The van der Waals surface area contributed by atoms with E-state index in [9.17, 15) is 8.42 Å². The van der Waals surface area contributed by atoms with Gasteiger partial charge in [-0.1, -0.05) is 5.16 Å². The van der Waals surface area contributed by atoms with Crippen LogP contribution < -0.4 is 0 Å². The summed E-state index contributed by atoms with van der Waals surface area (Å²) in [6.07, 6.45) is 3.75. The average Bonchev–Trinajstić information content (AvgIpc) is 2.77. The van der Waals surface area contributed by atoms with Crippen molar-refractivity contribution in [2.45, 2.75) is 17.7 Å². The first-order valence-electron chi connectivity index (χ1n) is 5.22. The highest BCUT2D eigenvalue weighted by molar-refractivity contribution is 7.89. The van der Waals surface area contributed by atoms with E-state index >= 15 is 0 Å². The summed E-state index contributed by atoms with van der Waals surface area (Å²) < 4.78 is 27.2. The minimum atomic E-state index is -3.46. The van der Waals surface area contributed by atoms with Gasteiger partial charge < -0.3 is 5.21 Å². The molecule has 0 aliphatic carbocycles. The zero-order valence-corrected chi connectivity index (χ0v) is 10.3. The fraction of sp³-hybridized carbons (Fsp3) is 0.556. The smallest absolute Gasteiger partial charge is 0.246 e. The molecule has 0 bridgehead atoms. The highest BCUT2D eigenvalue weighted by Crippen LogP contribution is 2.18. The molecule has 1 aromatic rings. The van der Waals surface area contributed by atoms with Crippen LogP contribution in [-0.2, 0) is 17.1 Å². The maximum Gasteiger partial charge on any atom is 0.246 e. The van der Waals surface area contributed by atoms with Crippen molar-refractivity contribution in [1.82, 2.24) is 14.1 Å². The van der Waals surface area contributed by atoms with E-state index in [1.807, 2.05) is 0 Å². The van der Waals surface area contributed by atoms with E-state index in [1.165, 1.54) is 21.4 Å². The van der Waals surface area contributed by atoms with E-state index in [-0.39, 0.29) is 4.90 Å². The van der Waals surface area contributed by atoms with Crippen LogP contribution in [0.4, 0.5) is 0 Å². The number of rotatable bonds is 2. The van der Waals surface area contributed by atoms with Crippen LogP contribution in [0.1, 0.15) is 12.8 Å². The standard InChI is InChI=1S/C9H14N4O3S/c1-12-7-9(6-10-12)17(15,16)13-4-2-8(11-14)3-5-13/h6-7,14H,2-5H2,1H3. The van der Waals surface area contributed by atoms with Crippen LogP contribution in [0.15, 0.2) is 22.4 Å². The minimum absolute atomic E-state index is 0.199. The van der Waals surface area contributed by atoms with Crippen molar-refractivity contribution in [2.75, 3.05) is 13.1 Å². The lowest BCUT2D eigenvalue weighted by Gasteiger charge is -2.25. The molecule has 17 heavy (non-hydrogen) atoms. The lowest BCUT2D eigenvalue weighted by Crippen LogP contribution is -2.38. The number of piperidine rings is 1. The van der Waals surface area contributed by atoms with Gasteiger partial charge in [-0.15, -0.1) is 0 Å². The Bertz CT molecular complexity index is 524. The molecule has 1 saturated heterocycles. The molecule has 94 valence electrons. The molecule has 8 heteroatoms. The van der Waals surface area contributed by atoms with Crippen LogP contribution in [-0.4, -0.2) is 46.5 Å². The van der Waals surface area contributed by atoms with Gasteiger partial charge >= 0.3 is 0 Å². The molecule has 1 aromatic heterocycles. The Hall–Kier alpha value is -1.41. The van der Waals surface area contributed by atoms with Gasteiger partial charge in [0.1, 0.15) is 4.90 Å². The summed E-state index contributed by atoms with van der Waals surface area (Å²) in [4.78, 5) is 0.199. The minimum Gasteiger partial charge on any atom is -0.411 e. The second-order valence-corrected chi connectivity index (χ2v) is 5.86. The zero-order valence-electron chi connectivity index (χ0n) is 9.44. The summed E-state index contributed by atoms with van der Waals surface area (Å²) in [7, 11) is -1.79. The fourth-order valence-corrected chi connectivity index (χ4v) is 3.19. The molecular formula is C9H14N4O3S. The third-order valence-electron chi connectivity index (χ3n) is 2.76.